The van der Waals surface area contributed by atoms with Gasteiger partial charge in [-0.05, 0) is 61.2 Å². The van der Waals surface area contributed by atoms with Crippen molar-refractivity contribution in [2.24, 2.45) is 5.73 Å². The third-order valence-electron chi connectivity index (χ3n) is 6.66. The maximum Gasteiger partial charge on any atom is 0.254 e. The summed E-state index contributed by atoms with van der Waals surface area (Å²) in [7, 11) is 0. The molecule has 0 spiro atoms. The molecule has 5 heterocycles. The van der Waals surface area contributed by atoms with Gasteiger partial charge in [0.15, 0.2) is 11.4 Å². The van der Waals surface area contributed by atoms with E-state index in [1.807, 2.05) is 6.20 Å². The molecule has 2 N–H and O–H groups in total. The minimum absolute atomic E-state index is 0.00643. The molecule has 1 saturated carbocycles. The number of amides is 1. The Balaban J connectivity index is 1.25. The summed E-state index contributed by atoms with van der Waals surface area (Å²) < 4.78 is 48.7. The second-order valence-corrected chi connectivity index (χ2v) is 10.5. The number of aromatic nitrogens is 3. The summed E-state index contributed by atoms with van der Waals surface area (Å²) in [6.07, 6.45) is 4.54. The Morgan fingerprint density at radius 3 is 2.80 bits per heavy atom. The van der Waals surface area contributed by atoms with Gasteiger partial charge in [0.25, 0.3) is 5.91 Å². The highest BCUT2D eigenvalue weighted by molar-refractivity contribution is 9.10. The minimum atomic E-state index is -1.75. The van der Waals surface area contributed by atoms with Crippen LogP contribution in [0.5, 0.6) is 11.6 Å². The van der Waals surface area contributed by atoms with Crippen molar-refractivity contribution in [1.29, 1.82) is 0 Å². The number of primary amides is 1. The van der Waals surface area contributed by atoms with E-state index in [0.29, 0.717) is 11.1 Å². The highest BCUT2D eigenvalue weighted by atomic mass is 79.9. The van der Waals surface area contributed by atoms with Crippen molar-refractivity contribution in [3.63, 3.8) is 0 Å². The summed E-state index contributed by atoms with van der Waals surface area (Å²) in [5, 5.41) is 0. The molecule has 3 aromatic rings. The van der Waals surface area contributed by atoms with Gasteiger partial charge in [0, 0.05) is 30.4 Å². The van der Waals surface area contributed by atoms with Crippen LogP contribution in [0.25, 0.3) is 5.65 Å². The van der Waals surface area contributed by atoms with Crippen molar-refractivity contribution < 1.29 is 27.8 Å². The first-order valence-electron chi connectivity index (χ1n) is 11.3. The number of hydrogen-bond donors (Lipinski definition) is 1. The van der Waals surface area contributed by atoms with E-state index in [9.17, 15) is 9.18 Å². The summed E-state index contributed by atoms with van der Waals surface area (Å²) in [6, 6.07) is 2.91. The number of hydrogen-bond acceptors (Lipinski definition) is 6. The third-order valence-corrected chi connectivity index (χ3v) is 7.22. The van der Waals surface area contributed by atoms with Crippen molar-refractivity contribution in [2.75, 3.05) is 6.61 Å². The highest BCUT2D eigenvalue weighted by Crippen LogP contribution is 2.58. The molecule has 35 heavy (non-hydrogen) atoms. The smallest absolute Gasteiger partial charge is 0.254 e. The van der Waals surface area contributed by atoms with Crippen LogP contribution >= 0.6 is 15.9 Å². The fraction of sp³-hybridized carbons (Fsp3) is 0.458. The molecule has 2 saturated heterocycles. The zero-order valence-electron chi connectivity index (χ0n) is 19.3. The molecule has 8 nitrogen and oxygen atoms in total. The molecule has 2 aliphatic heterocycles. The number of pyridine rings is 2. The summed E-state index contributed by atoms with van der Waals surface area (Å²) in [6.45, 7) is 4.38. The number of carbonyl (C=O) groups is 1. The van der Waals surface area contributed by atoms with Crippen molar-refractivity contribution in [3.8, 4) is 11.6 Å². The standard InChI is InChI=1S/C24H25BrF2N4O4/c1-13(5-6-17(26)35-22-14(20(28)32)4-3-7-29-22)34-19-15(25)8-31-9-16(30-21(31)18(19)27)24-10-23(2,11-24)33-12-24/h3-4,7-9,13,17H,5-6,10-12H2,1-2H3,(H2,28,32). The van der Waals surface area contributed by atoms with Gasteiger partial charge in [0.1, 0.15) is 5.56 Å². The Morgan fingerprint density at radius 2 is 2.11 bits per heavy atom. The van der Waals surface area contributed by atoms with E-state index in [1.54, 1.807) is 17.5 Å². The lowest BCUT2D eigenvalue weighted by molar-refractivity contribution is 0.0154. The SMILES string of the molecule is CC(CCC(F)Oc1ncccc1C(N)=O)Oc1c(Br)cn2cc(C34COC(C)(C3)C4)nc2c1F. The molecule has 11 heteroatoms. The molecular weight excluding hydrogens is 526 g/mol. The lowest BCUT2D eigenvalue weighted by Crippen LogP contribution is -2.45. The molecule has 0 aromatic carbocycles. The zero-order chi connectivity index (χ0) is 25.0. The van der Waals surface area contributed by atoms with Crippen LogP contribution in [-0.4, -0.2) is 44.9 Å². The molecular formula is C24H25BrF2N4O4. The van der Waals surface area contributed by atoms with Crippen molar-refractivity contribution in [2.45, 2.75) is 63.0 Å². The van der Waals surface area contributed by atoms with Crippen molar-refractivity contribution in [3.05, 3.63) is 52.3 Å². The van der Waals surface area contributed by atoms with Gasteiger partial charge in [-0.3, -0.25) is 4.79 Å². The van der Waals surface area contributed by atoms with Gasteiger partial charge in [0.05, 0.1) is 28.5 Å². The topological polar surface area (TPSA) is 101 Å². The number of halogens is 3. The van der Waals surface area contributed by atoms with E-state index >= 15 is 4.39 Å². The molecule has 3 aliphatic rings. The Kier molecular flexibility index (Phi) is 5.95. The molecule has 0 radical (unpaired) electrons. The van der Waals surface area contributed by atoms with Crippen LogP contribution in [0.3, 0.4) is 0 Å². The van der Waals surface area contributed by atoms with Crippen LogP contribution in [0.15, 0.2) is 35.2 Å². The van der Waals surface area contributed by atoms with Gasteiger partial charge in [0.2, 0.25) is 18.1 Å². The molecule has 3 fully saturated rings. The Bertz CT molecular complexity index is 1290. The lowest BCUT2D eigenvalue weighted by atomic mass is 9.62. The Morgan fingerprint density at radius 1 is 1.34 bits per heavy atom. The molecule has 2 unspecified atom stereocenters. The normalized spacial score (nSPS) is 24.7. The van der Waals surface area contributed by atoms with E-state index in [4.69, 9.17) is 19.9 Å². The van der Waals surface area contributed by atoms with Gasteiger partial charge in [-0.25, -0.2) is 14.4 Å². The molecule has 3 aromatic heterocycles. The van der Waals surface area contributed by atoms with E-state index in [1.165, 1.54) is 18.3 Å². The van der Waals surface area contributed by atoms with Crippen LogP contribution in [0.2, 0.25) is 0 Å². The van der Waals surface area contributed by atoms with Crippen LogP contribution < -0.4 is 15.2 Å². The lowest BCUT2D eigenvalue weighted by Gasteiger charge is -2.41. The molecule has 186 valence electrons. The number of nitrogens with zero attached hydrogens (tertiary/aromatic N) is 3. The average Bonchev–Trinajstić information content (AvgIpc) is 3.46. The number of nitrogens with two attached hydrogens (primary N) is 1. The first-order chi connectivity index (χ1) is 16.6. The van der Waals surface area contributed by atoms with E-state index in [2.05, 4.69) is 32.8 Å². The second-order valence-electron chi connectivity index (χ2n) is 9.60. The molecule has 6 rings (SSSR count). The largest absolute Gasteiger partial charge is 0.486 e. The first kappa shape index (κ1) is 23.9. The predicted octanol–water partition coefficient (Wildman–Crippen LogP) is 4.47. The van der Waals surface area contributed by atoms with Crippen molar-refractivity contribution >= 4 is 27.5 Å². The summed E-state index contributed by atoms with van der Waals surface area (Å²) >= 11 is 3.38. The minimum Gasteiger partial charge on any atom is -0.486 e. The van der Waals surface area contributed by atoms with Gasteiger partial charge in [-0.15, -0.1) is 0 Å². The van der Waals surface area contributed by atoms with Crippen LogP contribution in [0.4, 0.5) is 8.78 Å². The summed E-state index contributed by atoms with van der Waals surface area (Å²) in [5.41, 5.74) is 5.97. The number of alkyl halides is 1. The average molecular weight is 551 g/mol. The van der Waals surface area contributed by atoms with Crippen molar-refractivity contribution in [1.82, 2.24) is 14.4 Å². The third kappa shape index (κ3) is 4.35. The highest BCUT2D eigenvalue weighted by Gasteiger charge is 2.61. The molecule has 2 bridgehead atoms. The quantitative estimate of drug-likeness (QED) is 0.421. The van der Waals surface area contributed by atoms with E-state index < -0.39 is 24.2 Å². The number of rotatable bonds is 9. The number of fused-ring (bicyclic) bond motifs is 2. The van der Waals surface area contributed by atoms with Gasteiger partial charge < -0.3 is 24.3 Å². The summed E-state index contributed by atoms with van der Waals surface area (Å²) in [5.74, 6) is -1.52. The van der Waals surface area contributed by atoms with Crippen LogP contribution in [-0.2, 0) is 10.2 Å². The summed E-state index contributed by atoms with van der Waals surface area (Å²) in [4.78, 5) is 19.9. The first-order valence-corrected chi connectivity index (χ1v) is 12.1. The maximum absolute atomic E-state index is 15.4. The fourth-order valence-corrected chi connectivity index (χ4v) is 5.52. The number of imidazole rings is 1. The van der Waals surface area contributed by atoms with E-state index in [-0.39, 0.29) is 46.7 Å². The van der Waals surface area contributed by atoms with Gasteiger partial charge in [-0.2, -0.15) is 4.39 Å². The number of carbonyl (C=O) groups excluding carboxylic acids is 1. The van der Waals surface area contributed by atoms with Crippen LogP contribution in [0, 0.1) is 5.82 Å². The van der Waals surface area contributed by atoms with Gasteiger partial charge in [-0.1, -0.05) is 0 Å². The fourth-order valence-electron chi connectivity index (χ4n) is 5.03. The predicted molar refractivity (Wildman–Crippen MR) is 126 cm³/mol. The number of ether oxygens (including phenoxy) is 3. The van der Waals surface area contributed by atoms with Gasteiger partial charge >= 0.3 is 0 Å². The Labute approximate surface area is 208 Å². The monoisotopic (exact) mass is 550 g/mol. The van der Waals surface area contributed by atoms with E-state index in [0.717, 1.165) is 18.5 Å². The molecule has 1 amide bonds. The molecule has 2 atom stereocenters. The second kappa shape index (κ2) is 8.70. The zero-order valence-corrected chi connectivity index (χ0v) is 20.8. The maximum atomic E-state index is 15.4. The Hall–Kier alpha value is -2.79. The van der Waals surface area contributed by atoms with Crippen LogP contribution in [0.1, 0.15) is 55.6 Å². The molecule has 1 aliphatic carbocycles.